The second kappa shape index (κ2) is 8.43. The molecule has 3 aromatic rings. The topological polar surface area (TPSA) is 77.7 Å². The molecule has 1 aliphatic rings. The Balaban J connectivity index is 1.41. The molecule has 28 heavy (non-hydrogen) atoms. The zero-order valence-electron chi connectivity index (χ0n) is 15.6. The monoisotopic (exact) mass is 399 g/mol. The summed E-state index contributed by atoms with van der Waals surface area (Å²) in [7, 11) is 1.62. The minimum Gasteiger partial charge on any atom is -0.493 e. The highest BCUT2D eigenvalue weighted by molar-refractivity contribution is 7.08. The van der Waals surface area contributed by atoms with Crippen molar-refractivity contribution in [3.63, 3.8) is 0 Å². The predicted octanol–water partition coefficient (Wildman–Crippen LogP) is 3.55. The molecule has 2 aromatic heterocycles. The smallest absolute Gasteiger partial charge is 0.248 e. The van der Waals surface area contributed by atoms with E-state index in [1.807, 2.05) is 39.9 Å². The van der Waals surface area contributed by atoms with E-state index < -0.39 is 0 Å². The number of benzene rings is 1. The van der Waals surface area contributed by atoms with Gasteiger partial charge in [-0.15, -0.1) is 10.2 Å². The summed E-state index contributed by atoms with van der Waals surface area (Å²) in [5.74, 6) is 2.45. The van der Waals surface area contributed by atoms with Gasteiger partial charge in [-0.2, -0.15) is 11.3 Å². The molecule has 0 bridgehead atoms. The number of methoxy groups -OCH3 is 1. The first-order chi connectivity index (χ1) is 13.7. The van der Waals surface area contributed by atoms with Gasteiger partial charge < -0.3 is 18.8 Å². The van der Waals surface area contributed by atoms with Crippen LogP contribution in [0.25, 0.3) is 11.5 Å². The summed E-state index contributed by atoms with van der Waals surface area (Å²) in [5.41, 5.74) is 1.86. The van der Waals surface area contributed by atoms with Crippen molar-refractivity contribution >= 4 is 17.2 Å². The van der Waals surface area contributed by atoms with Gasteiger partial charge in [0.05, 0.1) is 13.7 Å². The number of para-hydroxylation sites is 1. The van der Waals surface area contributed by atoms with Crippen molar-refractivity contribution in [3.05, 3.63) is 46.5 Å². The van der Waals surface area contributed by atoms with Gasteiger partial charge >= 0.3 is 0 Å². The van der Waals surface area contributed by atoms with Gasteiger partial charge in [0, 0.05) is 42.4 Å². The molecule has 1 aliphatic heterocycles. The normalized spacial score (nSPS) is 14.0. The lowest BCUT2D eigenvalue weighted by molar-refractivity contribution is -0.132. The van der Waals surface area contributed by atoms with E-state index in [1.54, 1.807) is 18.4 Å². The van der Waals surface area contributed by atoms with Crippen LogP contribution in [-0.4, -0.2) is 41.3 Å². The van der Waals surface area contributed by atoms with Crippen LogP contribution in [0.1, 0.15) is 24.3 Å². The van der Waals surface area contributed by atoms with Gasteiger partial charge in [-0.25, -0.2) is 0 Å². The number of hydrogen-bond acceptors (Lipinski definition) is 7. The predicted molar refractivity (Wildman–Crippen MR) is 104 cm³/mol. The number of aromatic nitrogens is 2. The molecule has 0 saturated carbocycles. The number of ether oxygens (including phenoxy) is 2. The van der Waals surface area contributed by atoms with Gasteiger partial charge in [0.15, 0.2) is 11.5 Å². The summed E-state index contributed by atoms with van der Waals surface area (Å²) in [6.45, 7) is 1.69. The average molecular weight is 399 g/mol. The van der Waals surface area contributed by atoms with Crippen LogP contribution in [0.3, 0.4) is 0 Å². The summed E-state index contributed by atoms with van der Waals surface area (Å²) in [6.07, 6.45) is 1.52. The van der Waals surface area contributed by atoms with Crippen LogP contribution in [0.5, 0.6) is 11.5 Å². The fourth-order valence-corrected chi connectivity index (χ4v) is 3.80. The molecule has 8 heteroatoms. The fourth-order valence-electron chi connectivity index (χ4n) is 3.17. The average Bonchev–Trinajstić information content (AvgIpc) is 3.38. The number of nitrogens with zero attached hydrogens (tertiary/aromatic N) is 3. The summed E-state index contributed by atoms with van der Waals surface area (Å²) in [6, 6.07) is 7.68. The zero-order valence-corrected chi connectivity index (χ0v) is 16.4. The number of rotatable bonds is 5. The Labute approximate surface area is 166 Å². The van der Waals surface area contributed by atoms with Crippen LogP contribution in [0.4, 0.5) is 0 Å². The highest BCUT2D eigenvalue weighted by Crippen LogP contribution is 2.33. The van der Waals surface area contributed by atoms with E-state index in [1.165, 1.54) is 0 Å². The Morgan fingerprint density at radius 1 is 1.32 bits per heavy atom. The number of carbonyl (C=O) groups excluding carboxylic acids is 1. The molecule has 3 heterocycles. The van der Waals surface area contributed by atoms with Crippen LogP contribution in [0, 0.1) is 0 Å². The van der Waals surface area contributed by atoms with Crippen LogP contribution < -0.4 is 9.47 Å². The molecule has 0 saturated heterocycles. The largest absolute Gasteiger partial charge is 0.493 e. The Morgan fingerprint density at radius 2 is 2.25 bits per heavy atom. The van der Waals surface area contributed by atoms with Gasteiger partial charge in [0.25, 0.3) is 0 Å². The Hall–Kier alpha value is -2.87. The summed E-state index contributed by atoms with van der Waals surface area (Å²) in [5, 5.41) is 12.0. The van der Waals surface area contributed by atoms with E-state index in [0.717, 1.165) is 23.3 Å². The first-order valence-corrected chi connectivity index (χ1v) is 10.1. The second-order valence-corrected chi connectivity index (χ2v) is 7.26. The molecule has 0 radical (unpaired) electrons. The van der Waals surface area contributed by atoms with Crippen LogP contribution >= 0.6 is 11.3 Å². The van der Waals surface area contributed by atoms with Gasteiger partial charge in [-0.05, 0) is 23.9 Å². The van der Waals surface area contributed by atoms with Crippen molar-refractivity contribution in [2.24, 2.45) is 0 Å². The van der Waals surface area contributed by atoms with E-state index in [0.29, 0.717) is 50.1 Å². The highest BCUT2D eigenvalue weighted by Gasteiger charge is 2.21. The lowest BCUT2D eigenvalue weighted by atomic mass is 10.1. The maximum absolute atomic E-state index is 12.8. The van der Waals surface area contributed by atoms with Crippen LogP contribution in [0.2, 0.25) is 0 Å². The van der Waals surface area contributed by atoms with Gasteiger partial charge in [-0.1, -0.05) is 12.1 Å². The molecular weight excluding hydrogens is 378 g/mol. The number of carbonyl (C=O) groups is 1. The lowest BCUT2D eigenvalue weighted by Crippen LogP contribution is -2.34. The van der Waals surface area contributed by atoms with Crippen LogP contribution in [0.15, 0.2) is 39.4 Å². The molecule has 0 aliphatic carbocycles. The quantitative estimate of drug-likeness (QED) is 0.653. The number of aryl methyl sites for hydroxylation is 1. The molecule has 1 amide bonds. The summed E-state index contributed by atoms with van der Waals surface area (Å²) >= 11 is 1.57. The molecular formula is C20H21N3O4S. The van der Waals surface area contributed by atoms with Crippen molar-refractivity contribution < 1.29 is 18.7 Å². The highest BCUT2D eigenvalue weighted by atomic mass is 32.1. The Morgan fingerprint density at radius 3 is 3.07 bits per heavy atom. The van der Waals surface area contributed by atoms with Gasteiger partial charge in [0.1, 0.15) is 0 Å². The van der Waals surface area contributed by atoms with Gasteiger partial charge in [-0.3, -0.25) is 4.79 Å². The number of fused-ring (bicyclic) bond motifs is 1. The van der Waals surface area contributed by atoms with E-state index in [2.05, 4.69) is 10.2 Å². The van der Waals surface area contributed by atoms with E-state index >= 15 is 0 Å². The summed E-state index contributed by atoms with van der Waals surface area (Å²) < 4.78 is 16.9. The molecule has 0 atom stereocenters. The van der Waals surface area contributed by atoms with E-state index in [-0.39, 0.29) is 5.91 Å². The number of hydrogen-bond donors (Lipinski definition) is 0. The third-order valence-electron chi connectivity index (χ3n) is 4.60. The maximum atomic E-state index is 12.8. The standard InChI is InChI=1S/C20H21N3O4S/c1-25-16-5-2-4-14-12-23(9-3-10-26-19(14)16)18(24)7-6-17-21-22-20(27-17)15-8-11-28-13-15/h2,4-5,8,11,13H,3,6-7,9-10,12H2,1H3. The fraction of sp³-hybridized carbons (Fsp3) is 0.350. The minimum atomic E-state index is 0.0611. The molecule has 7 nitrogen and oxygen atoms in total. The first-order valence-electron chi connectivity index (χ1n) is 9.16. The lowest BCUT2D eigenvalue weighted by Gasteiger charge is -2.27. The third kappa shape index (κ3) is 4.01. The molecule has 1 aromatic carbocycles. The van der Waals surface area contributed by atoms with E-state index in [4.69, 9.17) is 13.9 Å². The van der Waals surface area contributed by atoms with Crippen molar-refractivity contribution in [1.29, 1.82) is 0 Å². The number of thiophene rings is 1. The van der Waals surface area contributed by atoms with E-state index in [9.17, 15) is 4.79 Å². The Bertz CT molecular complexity index is 939. The molecule has 4 rings (SSSR count). The van der Waals surface area contributed by atoms with Crippen molar-refractivity contribution in [2.75, 3.05) is 20.3 Å². The Kier molecular flexibility index (Phi) is 5.57. The third-order valence-corrected chi connectivity index (χ3v) is 5.28. The van der Waals surface area contributed by atoms with Crippen molar-refractivity contribution in [3.8, 4) is 23.0 Å². The minimum absolute atomic E-state index is 0.0611. The molecule has 0 unspecified atom stereocenters. The first kappa shape index (κ1) is 18.5. The molecule has 0 spiro atoms. The molecule has 0 N–H and O–H groups in total. The van der Waals surface area contributed by atoms with Crippen molar-refractivity contribution in [1.82, 2.24) is 15.1 Å². The number of amides is 1. The summed E-state index contributed by atoms with van der Waals surface area (Å²) in [4.78, 5) is 14.7. The van der Waals surface area contributed by atoms with Crippen LogP contribution in [-0.2, 0) is 17.8 Å². The van der Waals surface area contributed by atoms with Crippen molar-refractivity contribution in [2.45, 2.75) is 25.8 Å². The second-order valence-electron chi connectivity index (χ2n) is 6.48. The zero-order chi connectivity index (χ0) is 19.3. The molecule has 0 fully saturated rings. The molecule has 146 valence electrons. The van der Waals surface area contributed by atoms with Gasteiger partial charge in [0.2, 0.25) is 17.7 Å². The SMILES string of the molecule is COc1cccc2c1OCCCN(C(=O)CCc1nnc(-c3ccsc3)o1)C2. The maximum Gasteiger partial charge on any atom is 0.248 e.